The van der Waals surface area contributed by atoms with Crippen molar-refractivity contribution < 1.29 is 14.3 Å². The molecule has 0 bridgehead atoms. The molecule has 0 radical (unpaired) electrons. The molecule has 6 rings (SSSR count). The number of amides is 2. The Morgan fingerprint density at radius 2 is 1.95 bits per heavy atom. The van der Waals surface area contributed by atoms with Gasteiger partial charge in [0, 0.05) is 62.7 Å². The lowest BCUT2D eigenvalue weighted by Gasteiger charge is -2.39. The molecule has 10 nitrogen and oxygen atoms in total. The second-order valence-corrected chi connectivity index (χ2v) is 10.9. The average Bonchev–Trinajstić information content (AvgIpc) is 3.49. The fourth-order valence-electron chi connectivity index (χ4n) is 5.24. The predicted octanol–water partition coefficient (Wildman–Crippen LogP) is 2.48. The summed E-state index contributed by atoms with van der Waals surface area (Å²) in [5.74, 6) is 0.714. The van der Waals surface area contributed by atoms with Crippen LogP contribution in [0.2, 0.25) is 0 Å². The van der Waals surface area contributed by atoms with Gasteiger partial charge in [-0.3, -0.25) is 14.5 Å². The Labute approximate surface area is 216 Å². The normalized spacial score (nSPS) is 19.8. The van der Waals surface area contributed by atoms with Gasteiger partial charge in [0.2, 0.25) is 5.91 Å². The largest absolute Gasteiger partial charge is 0.487 e. The number of rotatable bonds is 6. The van der Waals surface area contributed by atoms with E-state index >= 15 is 0 Å². The molecule has 1 saturated heterocycles. The Bertz CT molecular complexity index is 1360. The van der Waals surface area contributed by atoms with Gasteiger partial charge in [0.05, 0.1) is 23.6 Å². The third kappa shape index (κ3) is 4.73. The monoisotopic (exact) mass is 503 g/mol. The number of hydrogen-bond acceptors (Lipinski definition) is 7. The van der Waals surface area contributed by atoms with Crippen LogP contribution in [-0.4, -0.2) is 75.2 Å². The highest BCUT2D eigenvalue weighted by molar-refractivity contribution is 6.09. The van der Waals surface area contributed by atoms with Crippen LogP contribution < -0.4 is 20.3 Å². The van der Waals surface area contributed by atoms with E-state index in [-0.39, 0.29) is 23.5 Å². The highest BCUT2D eigenvalue weighted by atomic mass is 16.5. The summed E-state index contributed by atoms with van der Waals surface area (Å²) in [5.41, 5.74) is 3.38. The van der Waals surface area contributed by atoms with E-state index in [1.807, 2.05) is 19.1 Å². The summed E-state index contributed by atoms with van der Waals surface area (Å²) in [4.78, 5) is 34.7. The van der Waals surface area contributed by atoms with Crippen LogP contribution in [0.25, 0.3) is 5.65 Å². The Hall–Kier alpha value is -3.66. The standard InChI is InChI=1S/C27H33N7O3/c1-17(25(35)30-19-5-6-19)32-9-11-33(12-10-32)22-14-23-18(15-27(2,3)37-23)13-21(22)31-26(36)20-16-29-34-8-4-7-28-24(20)34/h4,7-8,13-14,16-17,19H,5-6,9-12,15H2,1-3H3,(H,30,35)(H,31,36). The topological polar surface area (TPSA) is 104 Å². The summed E-state index contributed by atoms with van der Waals surface area (Å²) in [7, 11) is 0. The molecular weight excluding hydrogens is 470 g/mol. The molecule has 10 heteroatoms. The zero-order valence-electron chi connectivity index (χ0n) is 21.5. The predicted molar refractivity (Wildman–Crippen MR) is 140 cm³/mol. The summed E-state index contributed by atoms with van der Waals surface area (Å²) in [5, 5.41) is 10.5. The van der Waals surface area contributed by atoms with Crippen molar-refractivity contribution in [2.24, 2.45) is 0 Å². The third-order valence-corrected chi connectivity index (χ3v) is 7.46. The minimum atomic E-state index is -0.294. The Balaban J connectivity index is 1.24. The molecule has 0 spiro atoms. The molecular formula is C27H33N7O3. The van der Waals surface area contributed by atoms with Crippen molar-refractivity contribution in [1.82, 2.24) is 24.8 Å². The van der Waals surface area contributed by atoms with E-state index in [9.17, 15) is 9.59 Å². The first-order valence-corrected chi connectivity index (χ1v) is 13.0. The van der Waals surface area contributed by atoms with Gasteiger partial charge in [0.15, 0.2) is 5.65 Å². The van der Waals surface area contributed by atoms with Crippen molar-refractivity contribution in [3.05, 3.63) is 47.9 Å². The van der Waals surface area contributed by atoms with Crippen LogP contribution in [0.5, 0.6) is 5.75 Å². The highest BCUT2D eigenvalue weighted by Crippen LogP contribution is 2.42. The van der Waals surface area contributed by atoms with Gasteiger partial charge >= 0.3 is 0 Å². The van der Waals surface area contributed by atoms with E-state index in [0.29, 0.717) is 17.3 Å². The van der Waals surface area contributed by atoms with Crippen molar-refractivity contribution >= 4 is 28.8 Å². The molecule has 1 atom stereocenters. The summed E-state index contributed by atoms with van der Waals surface area (Å²) in [6.45, 7) is 9.12. The number of fused-ring (bicyclic) bond motifs is 2. The lowest BCUT2D eigenvalue weighted by molar-refractivity contribution is -0.126. The van der Waals surface area contributed by atoms with Gasteiger partial charge in [-0.1, -0.05) is 0 Å². The number of hydrogen-bond donors (Lipinski definition) is 2. The number of piperazine rings is 1. The second-order valence-electron chi connectivity index (χ2n) is 10.9. The number of benzene rings is 1. The smallest absolute Gasteiger partial charge is 0.261 e. The molecule has 3 aromatic rings. The fourth-order valence-corrected chi connectivity index (χ4v) is 5.24. The van der Waals surface area contributed by atoms with Crippen molar-refractivity contribution in [3.8, 4) is 5.75 Å². The Kier molecular flexibility index (Phi) is 5.78. The molecule has 37 heavy (non-hydrogen) atoms. The van der Waals surface area contributed by atoms with Gasteiger partial charge in [-0.15, -0.1) is 0 Å². The van der Waals surface area contributed by atoms with Crippen LogP contribution in [0.3, 0.4) is 0 Å². The number of carbonyl (C=O) groups is 2. The maximum absolute atomic E-state index is 13.4. The highest BCUT2D eigenvalue weighted by Gasteiger charge is 2.34. The molecule has 194 valence electrons. The van der Waals surface area contributed by atoms with Crippen LogP contribution in [0.1, 0.15) is 49.5 Å². The van der Waals surface area contributed by atoms with Crippen molar-refractivity contribution in [1.29, 1.82) is 0 Å². The van der Waals surface area contributed by atoms with E-state index in [4.69, 9.17) is 4.74 Å². The van der Waals surface area contributed by atoms with Crippen molar-refractivity contribution in [2.45, 2.75) is 57.7 Å². The zero-order chi connectivity index (χ0) is 25.7. The van der Waals surface area contributed by atoms with E-state index < -0.39 is 0 Å². The minimum absolute atomic E-state index is 0.110. The lowest BCUT2D eigenvalue weighted by Crippen LogP contribution is -2.54. The number of nitrogens with zero attached hydrogens (tertiary/aromatic N) is 5. The van der Waals surface area contributed by atoms with Crippen LogP contribution in [0.4, 0.5) is 11.4 Å². The van der Waals surface area contributed by atoms with E-state index in [1.54, 1.807) is 29.2 Å². The summed E-state index contributed by atoms with van der Waals surface area (Å²) in [6, 6.07) is 6.06. The van der Waals surface area contributed by atoms with Gasteiger partial charge < -0.3 is 20.3 Å². The van der Waals surface area contributed by atoms with Gasteiger partial charge in [-0.25, -0.2) is 9.50 Å². The fraction of sp³-hybridized carbons (Fsp3) is 0.481. The van der Waals surface area contributed by atoms with Crippen LogP contribution >= 0.6 is 0 Å². The molecule has 2 aliphatic heterocycles. The van der Waals surface area contributed by atoms with Gasteiger partial charge in [0.1, 0.15) is 16.9 Å². The SMILES string of the molecule is CC(C(=O)NC1CC1)N1CCN(c2cc3c(cc2NC(=O)c2cnn4cccnc24)CC(C)(C)O3)CC1. The van der Waals surface area contributed by atoms with Crippen molar-refractivity contribution in [2.75, 3.05) is 36.4 Å². The number of carbonyl (C=O) groups excluding carboxylic acids is 2. The van der Waals surface area contributed by atoms with Crippen molar-refractivity contribution in [3.63, 3.8) is 0 Å². The van der Waals surface area contributed by atoms with E-state index in [2.05, 4.69) is 44.4 Å². The molecule has 2 amide bonds. The van der Waals surface area contributed by atoms with Crippen LogP contribution in [-0.2, 0) is 11.2 Å². The number of aromatic nitrogens is 3. The summed E-state index contributed by atoms with van der Waals surface area (Å²) >= 11 is 0. The summed E-state index contributed by atoms with van der Waals surface area (Å²) < 4.78 is 7.82. The molecule has 2 aromatic heterocycles. The van der Waals surface area contributed by atoms with Gasteiger partial charge in [-0.05, 0) is 45.7 Å². The second kappa shape index (κ2) is 9.02. The van der Waals surface area contributed by atoms with E-state index in [1.165, 1.54) is 0 Å². The third-order valence-electron chi connectivity index (χ3n) is 7.46. The summed E-state index contributed by atoms with van der Waals surface area (Å²) in [6.07, 6.45) is 7.91. The van der Waals surface area contributed by atoms with Gasteiger partial charge in [0.25, 0.3) is 5.91 Å². The van der Waals surface area contributed by atoms with Gasteiger partial charge in [-0.2, -0.15) is 5.10 Å². The van der Waals surface area contributed by atoms with Crippen LogP contribution in [0.15, 0.2) is 36.8 Å². The number of nitrogens with one attached hydrogen (secondary N) is 2. The van der Waals surface area contributed by atoms with Crippen LogP contribution in [0, 0.1) is 0 Å². The maximum Gasteiger partial charge on any atom is 0.261 e. The maximum atomic E-state index is 13.4. The first kappa shape index (κ1) is 23.7. The molecule has 1 unspecified atom stereocenters. The molecule has 3 aliphatic rings. The Morgan fingerprint density at radius 3 is 2.70 bits per heavy atom. The molecule has 1 aromatic carbocycles. The zero-order valence-corrected chi connectivity index (χ0v) is 21.5. The number of ether oxygens (including phenoxy) is 1. The molecule has 4 heterocycles. The molecule has 2 fully saturated rings. The first-order chi connectivity index (χ1) is 17.8. The molecule has 2 N–H and O–H groups in total. The lowest BCUT2D eigenvalue weighted by atomic mass is 10.0. The van der Waals surface area contributed by atoms with E-state index in [0.717, 1.165) is 68.1 Å². The number of anilines is 2. The Morgan fingerprint density at radius 1 is 1.16 bits per heavy atom. The minimum Gasteiger partial charge on any atom is -0.487 e. The quantitative estimate of drug-likeness (QED) is 0.533. The average molecular weight is 504 g/mol. The first-order valence-electron chi connectivity index (χ1n) is 13.0. The molecule has 1 saturated carbocycles. The molecule has 1 aliphatic carbocycles.